The molecule has 0 saturated carbocycles. The molecule has 0 fully saturated rings. The van der Waals surface area contributed by atoms with Gasteiger partial charge in [0.1, 0.15) is 29.2 Å². The molecule has 0 aliphatic rings. The maximum Gasteiger partial charge on any atom is 0.225 e. The Hall–Kier alpha value is -3.79. The van der Waals surface area contributed by atoms with Gasteiger partial charge in [0.2, 0.25) is 15.7 Å². The number of benzene rings is 1. The maximum atomic E-state index is 14.3. The number of nitrogens with two attached hydrogens (primary N) is 1. The van der Waals surface area contributed by atoms with E-state index in [1.165, 1.54) is 48.5 Å². The number of ether oxygens (including phenoxy) is 2. The van der Waals surface area contributed by atoms with E-state index in [0.29, 0.717) is 23.6 Å². The van der Waals surface area contributed by atoms with Crippen molar-refractivity contribution in [3.05, 3.63) is 72.6 Å². The number of rotatable bonds is 11. The number of anilines is 1. The molecule has 10 heteroatoms. The molecular weight excluding hydrogens is 485 g/mol. The molecule has 0 saturated heterocycles. The fourth-order valence-electron chi connectivity index (χ4n) is 3.11. The molecule has 0 amide bonds. The van der Waals surface area contributed by atoms with Gasteiger partial charge in [-0.05, 0) is 49.2 Å². The zero-order valence-corrected chi connectivity index (χ0v) is 21.1. The molecule has 2 N–H and O–H groups in total. The molecule has 1 atom stereocenters. The quantitative estimate of drug-likeness (QED) is 0.294. The van der Waals surface area contributed by atoms with E-state index in [4.69, 9.17) is 15.2 Å². The normalized spacial score (nSPS) is 12.2. The van der Waals surface area contributed by atoms with Gasteiger partial charge in [-0.25, -0.2) is 22.8 Å². The number of halogens is 1. The Bertz CT molecular complexity index is 1380. The SMILES string of the molecule is C=CC(C)Oc1nc(-c2cc(F)cc(OCC(C)C)c2)ccc1C(=O)CS(=O)(=O)c1cccc(N)n1. The topological polar surface area (TPSA) is 121 Å². The van der Waals surface area contributed by atoms with Crippen molar-refractivity contribution in [2.75, 3.05) is 18.1 Å². The molecule has 8 nitrogen and oxygen atoms in total. The number of hydrogen-bond donors (Lipinski definition) is 1. The first kappa shape index (κ1) is 26.8. The van der Waals surface area contributed by atoms with Crippen molar-refractivity contribution in [3.63, 3.8) is 0 Å². The van der Waals surface area contributed by atoms with Crippen LogP contribution in [0.4, 0.5) is 10.2 Å². The summed E-state index contributed by atoms with van der Waals surface area (Å²) >= 11 is 0. The van der Waals surface area contributed by atoms with Gasteiger partial charge >= 0.3 is 0 Å². The number of carbonyl (C=O) groups excluding carboxylic acids is 1. The fraction of sp³-hybridized carbons (Fsp3) is 0.269. The lowest BCUT2D eigenvalue weighted by molar-refractivity contribution is 0.101. The summed E-state index contributed by atoms with van der Waals surface area (Å²) in [6.07, 6.45) is 0.958. The van der Waals surface area contributed by atoms with Gasteiger partial charge in [-0.1, -0.05) is 32.6 Å². The monoisotopic (exact) mass is 513 g/mol. The van der Waals surface area contributed by atoms with Crippen LogP contribution in [0.1, 0.15) is 31.1 Å². The van der Waals surface area contributed by atoms with E-state index in [2.05, 4.69) is 16.5 Å². The molecule has 1 aromatic carbocycles. The molecule has 2 aromatic heterocycles. The van der Waals surface area contributed by atoms with Crippen LogP contribution in [0.2, 0.25) is 0 Å². The first-order chi connectivity index (χ1) is 17.0. The zero-order valence-electron chi connectivity index (χ0n) is 20.3. The van der Waals surface area contributed by atoms with Gasteiger partial charge in [-0.3, -0.25) is 4.79 Å². The summed E-state index contributed by atoms with van der Waals surface area (Å²) in [6.45, 7) is 9.70. The van der Waals surface area contributed by atoms with Crippen LogP contribution in [0, 0.1) is 11.7 Å². The predicted molar refractivity (Wildman–Crippen MR) is 135 cm³/mol. The fourth-order valence-corrected chi connectivity index (χ4v) is 4.29. The Labute approximate surface area is 209 Å². The highest BCUT2D eigenvalue weighted by atomic mass is 32.2. The van der Waals surface area contributed by atoms with Crippen LogP contribution in [0.25, 0.3) is 11.3 Å². The number of hydrogen-bond acceptors (Lipinski definition) is 8. The summed E-state index contributed by atoms with van der Waals surface area (Å²) in [7, 11) is -4.08. The predicted octanol–water partition coefficient (Wildman–Crippen LogP) is 4.51. The molecule has 0 aliphatic heterocycles. The van der Waals surface area contributed by atoms with Gasteiger partial charge in [-0.15, -0.1) is 0 Å². The number of sulfone groups is 1. The Morgan fingerprint density at radius 1 is 1.14 bits per heavy atom. The molecule has 2 heterocycles. The van der Waals surface area contributed by atoms with Crippen molar-refractivity contribution in [1.29, 1.82) is 0 Å². The molecule has 1 unspecified atom stereocenters. The van der Waals surface area contributed by atoms with Crippen molar-refractivity contribution in [2.45, 2.75) is 31.9 Å². The second-order valence-corrected chi connectivity index (χ2v) is 10.5. The van der Waals surface area contributed by atoms with Crippen molar-refractivity contribution in [1.82, 2.24) is 9.97 Å². The number of Topliss-reactive ketones (excluding diaryl/α,β-unsaturated/α-hetero) is 1. The molecule has 36 heavy (non-hydrogen) atoms. The van der Waals surface area contributed by atoms with E-state index in [0.717, 1.165) is 0 Å². The number of nitrogen functional groups attached to an aromatic ring is 1. The van der Waals surface area contributed by atoms with Crippen LogP contribution in [0.15, 0.2) is 66.2 Å². The summed E-state index contributed by atoms with van der Waals surface area (Å²) in [5.41, 5.74) is 6.25. The van der Waals surface area contributed by atoms with E-state index < -0.39 is 33.3 Å². The highest BCUT2D eigenvalue weighted by molar-refractivity contribution is 7.92. The van der Waals surface area contributed by atoms with Gasteiger partial charge in [0, 0.05) is 11.6 Å². The minimum atomic E-state index is -4.08. The van der Waals surface area contributed by atoms with Crippen molar-refractivity contribution < 1.29 is 27.1 Å². The molecular formula is C26H28FN3O5S. The first-order valence-corrected chi connectivity index (χ1v) is 12.9. The molecule has 0 radical (unpaired) electrons. The average Bonchev–Trinajstić information content (AvgIpc) is 2.82. The van der Waals surface area contributed by atoms with Crippen LogP contribution in [0.3, 0.4) is 0 Å². The van der Waals surface area contributed by atoms with Gasteiger partial charge in [0.15, 0.2) is 10.8 Å². The number of nitrogens with zero attached hydrogens (tertiary/aromatic N) is 2. The van der Waals surface area contributed by atoms with Gasteiger partial charge in [-0.2, -0.15) is 0 Å². The summed E-state index contributed by atoms with van der Waals surface area (Å²) < 4.78 is 51.2. The van der Waals surface area contributed by atoms with Gasteiger partial charge < -0.3 is 15.2 Å². The summed E-state index contributed by atoms with van der Waals surface area (Å²) in [6, 6.07) is 11.2. The maximum absolute atomic E-state index is 14.3. The van der Waals surface area contributed by atoms with Crippen molar-refractivity contribution in [2.24, 2.45) is 5.92 Å². The second kappa shape index (κ2) is 11.3. The lowest BCUT2D eigenvalue weighted by atomic mass is 10.1. The Morgan fingerprint density at radius 3 is 2.56 bits per heavy atom. The Kier molecular flexibility index (Phi) is 8.41. The van der Waals surface area contributed by atoms with Crippen LogP contribution in [-0.2, 0) is 9.84 Å². The Morgan fingerprint density at radius 2 is 1.89 bits per heavy atom. The minimum absolute atomic E-state index is 0.0187. The van der Waals surface area contributed by atoms with Crippen LogP contribution < -0.4 is 15.2 Å². The largest absolute Gasteiger partial charge is 0.493 e. The molecule has 0 bridgehead atoms. The number of aromatic nitrogens is 2. The van der Waals surface area contributed by atoms with Crippen LogP contribution in [-0.4, -0.2) is 42.6 Å². The third kappa shape index (κ3) is 6.88. The summed E-state index contributed by atoms with van der Waals surface area (Å²) in [5, 5.41) is -0.309. The molecule has 3 rings (SSSR count). The lowest BCUT2D eigenvalue weighted by Crippen LogP contribution is -2.20. The molecule has 190 valence electrons. The molecule has 0 spiro atoms. The van der Waals surface area contributed by atoms with Crippen molar-refractivity contribution in [3.8, 4) is 22.9 Å². The van der Waals surface area contributed by atoms with E-state index in [1.807, 2.05) is 13.8 Å². The van der Waals surface area contributed by atoms with Crippen molar-refractivity contribution >= 4 is 21.4 Å². The molecule has 3 aromatic rings. The molecule has 0 aliphatic carbocycles. The Balaban J connectivity index is 1.98. The zero-order chi connectivity index (χ0) is 26.5. The standard InChI is InChI=1S/C26H28FN3O5S/c1-5-17(4)35-26-21(23(31)15-36(32,33)25-8-6-7-24(28)30-25)9-10-22(29-26)18-11-19(27)13-20(12-18)34-14-16(2)3/h5-13,16-17H,1,14-15H2,2-4H3,(H2,28,30). The third-order valence-corrected chi connectivity index (χ3v) is 6.43. The highest BCUT2D eigenvalue weighted by Crippen LogP contribution is 2.29. The van der Waals surface area contributed by atoms with E-state index in [9.17, 15) is 17.6 Å². The van der Waals surface area contributed by atoms with E-state index in [-0.39, 0.29) is 28.2 Å². The average molecular weight is 514 g/mol. The highest BCUT2D eigenvalue weighted by Gasteiger charge is 2.25. The number of carbonyl (C=O) groups is 1. The number of ketones is 1. The lowest BCUT2D eigenvalue weighted by Gasteiger charge is -2.15. The number of pyridine rings is 2. The van der Waals surface area contributed by atoms with Gasteiger partial charge in [0.05, 0.1) is 17.9 Å². The third-order valence-electron chi connectivity index (χ3n) is 4.93. The van der Waals surface area contributed by atoms with Crippen LogP contribution in [0.5, 0.6) is 11.6 Å². The van der Waals surface area contributed by atoms with E-state index >= 15 is 0 Å². The smallest absolute Gasteiger partial charge is 0.225 e. The second-order valence-electron chi connectivity index (χ2n) is 8.57. The summed E-state index contributed by atoms with van der Waals surface area (Å²) in [5.74, 6) is -1.63. The van der Waals surface area contributed by atoms with Gasteiger partial charge in [0.25, 0.3) is 0 Å². The first-order valence-electron chi connectivity index (χ1n) is 11.2. The van der Waals surface area contributed by atoms with E-state index in [1.54, 1.807) is 13.0 Å². The summed E-state index contributed by atoms with van der Waals surface area (Å²) in [4.78, 5) is 21.3. The minimum Gasteiger partial charge on any atom is -0.493 e. The van der Waals surface area contributed by atoms with Crippen LogP contribution >= 0.6 is 0 Å².